The second kappa shape index (κ2) is 5.12. The van der Waals surface area contributed by atoms with Crippen molar-refractivity contribution in [1.82, 2.24) is 0 Å². The largest absolute Gasteiger partial charge is 0.444 e. The van der Waals surface area contributed by atoms with Crippen LogP contribution in [0.1, 0.15) is 31.1 Å². The van der Waals surface area contributed by atoms with Gasteiger partial charge in [0.2, 0.25) is 0 Å². The van der Waals surface area contributed by atoms with Gasteiger partial charge in [-0.3, -0.25) is 10.1 Å². The molecular weight excluding hydrogens is 244 g/mol. The molecule has 0 aliphatic heterocycles. The van der Waals surface area contributed by atoms with Crippen molar-refractivity contribution in [3.05, 3.63) is 29.3 Å². The van der Waals surface area contributed by atoms with E-state index in [2.05, 4.69) is 5.32 Å². The van der Waals surface area contributed by atoms with Crippen LogP contribution in [-0.2, 0) is 4.74 Å². The first kappa shape index (κ1) is 14.1. The summed E-state index contributed by atoms with van der Waals surface area (Å²) in [5, 5.41) is 2.11. The van der Waals surface area contributed by atoms with Crippen LogP contribution >= 0.6 is 0 Å². The number of amides is 1. The Balaban J connectivity index is 2.91. The van der Waals surface area contributed by atoms with Crippen LogP contribution in [0, 0.1) is 11.6 Å². The molecule has 0 spiro atoms. The van der Waals surface area contributed by atoms with Crippen LogP contribution in [0.15, 0.2) is 12.1 Å². The summed E-state index contributed by atoms with van der Waals surface area (Å²) >= 11 is 0. The van der Waals surface area contributed by atoms with Gasteiger partial charge < -0.3 is 4.74 Å². The standard InChI is InChI=1S/C12H13F2NO3/c1-12(2,3)18-11(17)15-10-4-7(6-16)8(13)5-9(10)14/h4-6H,1-3H3,(H,15,17). The lowest BCUT2D eigenvalue weighted by atomic mass is 10.2. The predicted molar refractivity (Wildman–Crippen MR) is 61.6 cm³/mol. The van der Waals surface area contributed by atoms with Crippen molar-refractivity contribution in [2.75, 3.05) is 5.32 Å². The molecule has 6 heteroatoms. The first-order valence-electron chi connectivity index (χ1n) is 5.17. The second-order valence-electron chi connectivity index (χ2n) is 4.60. The quantitative estimate of drug-likeness (QED) is 0.828. The van der Waals surface area contributed by atoms with Crippen molar-refractivity contribution in [3.63, 3.8) is 0 Å². The number of ether oxygens (including phenoxy) is 1. The van der Waals surface area contributed by atoms with E-state index in [-0.39, 0.29) is 17.5 Å². The van der Waals surface area contributed by atoms with Gasteiger partial charge in [0.25, 0.3) is 0 Å². The Morgan fingerprint density at radius 2 is 1.89 bits per heavy atom. The molecule has 98 valence electrons. The lowest BCUT2D eigenvalue weighted by Gasteiger charge is -2.19. The summed E-state index contributed by atoms with van der Waals surface area (Å²) in [7, 11) is 0. The maximum absolute atomic E-state index is 13.3. The van der Waals surface area contributed by atoms with Gasteiger partial charge in [-0.25, -0.2) is 13.6 Å². The van der Waals surface area contributed by atoms with E-state index in [0.717, 1.165) is 6.07 Å². The summed E-state index contributed by atoms with van der Waals surface area (Å²) in [5.41, 5.74) is -1.40. The van der Waals surface area contributed by atoms with Crippen molar-refractivity contribution in [2.45, 2.75) is 26.4 Å². The Morgan fingerprint density at radius 3 is 2.39 bits per heavy atom. The second-order valence-corrected chi connectivity index (χ2v) is 4.60. The zero-order valence-electron chi connectivity index (χ0n) is 10.2. The Labute approximate surface area is 103 Å². The smallest absolute Gasteiger partial charge is 0.412 e. The maximum Gasteiger partial charge on any atom is 0.412 e. The van der Waals surface area contributed by atoms with E-state index >= 15 is 0 Å². The SMILES string of the molecule is CC(C)(C)OC(=O)Nc1cc(C=O)c(F)cc1F. The summed E-state index contributed by atoms with van der Waals surface area (Å²) in [6, 6.07) is 1.43. The van der Waals surface area contributed by atoms with Crippen molar-refractivity contribution in [3.8, 4) is 0 Å². The van der Waals surface area contributed by atoms with Gasteiger partial charge in [0.1, 0.15) is 17.2 Å². The minimum atomic E-state index is -0.989. The van der Waals surface area contributed by atoms with Gasteiger partial charge >= 0.3 is 6.09 Å². The highest BCUT2D eigenvalue weighted by Gasteiger charge is 2.18. The molecule has 1 N–H and O–H groups in total. The van der Waals surface area contributed by atoms with Gasteiger partial charge in [0.05, 0.1) is 11.3 Å². The molecule has 18 heavy (non-hydrogen) atoms. The first-order chi connectivity index (χ1) is 8.23. The molecule has 0 radical (unpaired) electrons. The van der Waals surface area contributed by atoms with Gasteiger partial charge in [-0.15, -0.1) is 0 Å². The summed E-state index contributed by atoms with van der Waals surface area (Å²) in [5.74, 6) is -1.97. The average Bonchev–Trinajstić information content (AvgIpc) is 2.19. The third-order valence-corrected chi connectivity index (χ3v) is 1.85. The Hall–Kier alpha value is -1.98. The van der Waals surface area contributed by atoms with Gasteiger partial charge in [0, 0.05) is 6.07 Å². The van der Waals surface area contributed by atoms with Crippen LogP contribution in [0.3, 0.4) is 0 Å². The van der Waals surface area contributed by atoms with Crippen LogP contribution < -0.4 is 5.32 Å². The zero-order chi connectivity index (χ0) is 13.9. The lowest BCUT2D eigenvalue weighted by Crippen LogP contribution is -2.27. The Kier molecular flexibility index (Phi) is 4.00. The molecular formula is C12H13F2NO3. The van der Waals surface area contributed by atoms with E-state index in [1.165, 1.54) is 0 Å². The number of halogens is 2. The van der Waals surface area contributed by atoms with Crippen LogP contribution in [-0.4, -0.2) is 18.0 Å². The van der Waals surface area contributed by atoms with E-state index in [4.69, 9.17) is 4.74 Å². The number of nitrogens with one attached hydrogen (secondary N) is 1. The zero-order valence-corrected chi connectivity index (χ0v) is 10.2. The lowest BCUT2D eigenvalue weighted by molar-refractivity contribution is 0.0635. The third-order valence-electron chi connectivity index (χ3n) is 1.85. The summed E-state index contributed by atoms with van der Waals surface area (Å²) in [4.78, 5) is 21.9. The molecule has 0 bridgehead atoms. The number of hydrogen-bond acceptors (Lipinski definition) is 3. The van der Waals surface area contributed by atoms with Gasteiger partial charge in [-0.2, -0.15) is 0 Å². The highest BCUT2D eigenvalue weighted by molar-refractivity contribution is 5.87. The molecule has 0 unspecified atom stereocenters. The number of carbonyl (C=O) groups excluding carboxylic acids is 2. The molecule has 4 nitrogen and oxygen atoms in total. The molecule has 0 heterocycles. The monoisotopic (exact) mass is 257 g/mol. The summed E-state index contributed by atoms with van der Waals surface area (Å²) < 4.78 is 31.3. The molecule has 0 fully saturated rings. The van der Waals surface area contributed by atoms with E-state index < -0.39 is 23.3 Å². The molecule has 0 saturated heterocycles. The van der Waals surface area contributed by atoms with E-state index in [9.17, 15) is 18.4 Å². The van der Waals surface area contributed by atoms with Gasteiger partial charge in [-0.05, 0) is 26.8 Å². The van der Waals surface area contributed by atoms with Crippen molar-refractivity contribution >= 4 is 18.1 Å². The Bertz CT molecular complexity index is 481. The highest BCUT2D eigenvalue weighted by atomic mass is 19.1. The fourth-order valence-corrected chi connectivity index (χ4v) is 1.17. The molecule has 0 aliphatic carbocycles. The molecule has 1 amide bonds. The molecule has 0 aromatic heterocycles. The van der Waals surface area contributed by atoms with Crippen molar-refractivity contribution in [1.29, 1.82) is 0 Å². The van der Waals surface area contributed by atoms with Crippen molar-refractivity contribution in [2.24, 2.45) is 0 Å². The third kappa shape index (κ3) is 3.80. The molecule has 1 aromatic carbocycles. The number of aldehydes is 1. The molecule has 0 atom stereocenters. The number of anilines is 1. The first-order valence-corrected chi connectivity index (χ1v) is 5.17. The number of benzene rings is 1. The van der Waals surface area contributed by atoms with E-state index in [1.54, 1.807) is 20.8 Å². The molecule has 1 aromatic rings. The summed E-state index contributed by atoms with van der Waals surface area (Å²) in [6.45, 7) is 4.93. The molecule has 1 rings (SSSR count). The predicted octanol–water partition coefficient (Wildman–Crippen LogP) is 3.12. The van der Waals surface area contributed by atoms with Crippen LogP contribution in [0.2, 0.25) is 0 Å². The minimum absolute atomic E-state index is 0.231. The van der Waals surface area contributed by atoms with Gasteiger partial charge in [-0.1, -0.05) is 0 Å². The van der Waals surface area contributed by atoms with Crippen molar-refractivity contribution < 1.29 is 23.1 Å². The average molecular weight is 257 g/mol. The fraction of sp³-hybridized carbons (Fsp3) is 0.333. The highest BCUT2D eigenvalue weighted by Crippen LogP contribution is 2.19. The number of hydrogen-bond donors (Lipinski definition) is 1. The van der Waals surface area contributed by atoms with Gasteiger partial charge in [0.15, 0.2) is 6.29 Å². The van der Waals surface area contributed by atoms with Crippen LogP contribution in [0.4, 0.5) is 19.3 Å². The van der Waals surface area contributed by atoms with Crippen LogP contribution in [0.5, 0.6) is 0 Å². The number of carbonyl (C=O) groups is 2. The fourth-order valence-electron chi connectivity index (χ4n) is 1.17. The normalized spacial score (nSPS) is 10.9. The number of rotatable bonds is 2. The maximum atomic E-state index is 13.3. The minimum Gasteiger partial charge on any atom is -0.444 e. The molecule has 0 aliphatic rings. The van der Waals surface area contributed by atoms with E-state index in [1.807, 2.05) is 0 Å². The Morgan fingerprint density at radius 1 is 1.28 bits per heavy atom. The molecule has 0 saturated carbocycles. The topological polar surface area (TPSA) is 55.4 Å². The van der Waals surface area contributed by atoms with Crippen LogP contribution in [0.25, 0.3) is 0 Å². The summed E-state index contributed by atoms with van der Waals surface area (Å²) in [6.07, 6.45) is -0.653. The van der Waals surface area contributed by atoms with E-state index in [0.29, 0.717) is 6.07 Å².